The van der Waals surface area contributed by atoms with Crippen molar-refractivity contribution in [3.8, 4) is 0 Å². The Labute approximate surface area is 304 Å². The molecule has 2 fully saturated rings. The molecule has 0 amide bonds. The first-order valence-corrected chi connectivity index (χ1v) is 18.2. The number of fused-ring (bicyclic) bond motifs is 2. The lowest BCUT2D eigenvalue weighted by Crippen LogP contribution is -2.78. The Morgan fingerprint density at radius 2 is 1.60 bits per heavy atom. The summed E-state index contributed by atoms with van der Waals surface area (Å²) in [6.45, 7) is 5.36. The third kappa shape index (κ3) is 9.97. The SMILES string of the molecule is CCCCCCC[C@@H](CCC[C@]12O[C@H](C(=O)O)[C@@](O)(C(=O)O)[C@](C(=O)O)(O1)[C@H](OC(=O)CC/C=C/[C@H](C)CCCc1ccccc1)[C@H]2O)OC(C)=O. The summed E-state index contributed by atoms with van der Waals surface area (Å²) in [4.78, 5) is 62.7. The molecule has 0 radical (unpaired) electrons. The summed E-state index contributed by atoms with van der Waals surface area (Å²) in [6, 6.07) is 10.1. The maximum atomic E-state index is 13.1. The van der Waals surface area contributed by atoms with Crippen molar-refractivity contribution >= 4 is 29.8 Å². The molecule has 2 aliphatic heterocycles. The van der Waals surface area contributed by atoms with Crippen LogP contribution >= 0.6 is 0 Å². The summed E-state index contributed by atoms with van der Waals surface area (Å²) in [7, 11) is 0. The van der Waals surface area contributed by atoms with Crippen molar-refractivity contribution in [1.29, 1.82) is 0 Å². The van der Waals surface area contributed by atoms with Gasteiger partial charge < -0.3 is 44.5 Å². The smallest absolute Gasteiger partial charge is 0.344 e. The maximum Gasteiger partial charge on any atom is 0.344 e. The van der Waals surface area contributed by atoms with E-state index in [2.05, 4.69) is 19.1 Å². The highest BCUT2D eigenvalue weighted by Crippen LogP contribution is 2.55. The van der Waals surface area contributed by atoms with Crippen LogP contribution < -0.4 is 0 Å². The van der Waals surface area contributed by atoms with Gasteiger partial charge in [0.25, 0.3) is 0 Å². The van der Waals surface area contributed by atoms with Gasteiger partial charge in [-0.2, -0.15) is 0 Å². The first-order chi connectivity index (χ1) is 24.6. The van der Waals surface area contributed by atoms with Gasteiger partial charge >= 0.3 is 29.8 Å². The van der Waals surface area contributed by atoms with Crippen molar-refractivity contribution in [3.63, 3.8) is 0 Å². The Kier molecular flexibility index (Phi) is 15.8. The molecule has 14 heteroatoms. The van der Waals surface area contributed by atoms with Crippen LogP contribution in [-0.2, 0) is 49.3 Å². The van der Waals surface area contributed by atoms with E-state index in [1.165, 1.54) is 12.5 Å². The number of carboxylic acid groups (broad SMARTS) is 3. The fourth-order valence-electron chi connectivity index (χ4n) is 7.09. The predicted molar refractivity (Wildman–Crippen MR) is 185 cm³/mol. The van der Waals surface area contributed by atoms with E-state index in [0.717, 1.165) is 51.4 Å². The molecule has 5 N–H and O–H groups in total. The highest BCUT2D eigenvalue weighted by atomic mass is 16.8. The Balaban J connectivity index is 1.76. The van der Waals surface area contributed by atoms with Crippen LogP contribution in [0.15, 0.2) is 42.5 Å². The zero-order valence-electron chi connectivity index (χ0n) is 30.2. The lowest BCUT2D eigenvalue weighted by molar-refractivity contribution is -0.374. The molecule has 0 spiro atoms. The number of carbonyl (C=O) groups is 5. The number of aryl methyl sites for hydroxylation is 1. The largest absolute Gasteiger partial charge is 0.479 e. The normalized spacial score (nSPS) is 27.9. The summed E-state index contributed by atoms with van der Waals surface area (Å²) in [5.74, 6) is -10.5. The molecule has 3 rings (SSSR count). The molecule has 1 aromatic rings. The van der Waals surface area contributed by atoms with Crippen molar-refractivity contribution in [1.82, 2.24) is 0 Å². The van der Waals surface area contributed by atoms with Crippen LogP contribution in [-0.4, -0.2) is 96.8 Å². The van der Waals surface area contributed by atoms with E-state index in [4.69, 9.17) is 18.9 Å². The van der Waals surface area contributed by atoms with Crippen LogP contribution in [0.3, 0.4) is 0 Å². The monoisotopic (exact) mass is 734 g/mol. The molecule has 290 valence electrons. The number of hydrogen-bond donors (Lipinski definition) is 5. The van der Waals surface area contributed by atoms with Crippen LogP contribution in [0.25, 0.3) is 0 Å². The summed E-state index contributed by atoms with van der Waals surface area (Å²) in [6.07, 6.45) is 3.43. The molecule has 14 nitrogen and oxygen atoms in total. The van der Waals surface area contributed by atoms with E-state index in [9.17, 15) is 49.5 Å². The second-order valence-electron chi connectivity index (χ2n) is 13.9. The molecule has 2 saturated heterocycles. The maximum absolute atomic E-state index is 13.1. The lowest BCUT2D eigenvalue weighted by Gasteiger charge is -2.48. The van der Waals surface area contributed by atoms with Crippen molar-refractivity contribution < 1.29 is 68.5 Å². The Morgan fingerprint density at radius 3 is 2.21 bits per heavy atom. The van der Waals surface area contributed by atoms with Crippen LogP contribution in [0.1, 0.15) is 110 Å². The predicted octanol–water partition coefficient (Wildman–Crippen LogP) is 4.57. The van der Waals surface area contributed by atoms with Gasteiger partial charge in [0.05, 0.1) is 0 Å². The molecule has 8 atom stereocenters. The number of carboxylic acids is 3. The first-order valence-electron chi connectivity index (χ1n) is 18.2. The molecule has 52 heavy (non-hydrogen) atoms. The minimum Gasteiger partial charge on any atom is -0.479 e. The Morgan fingerprint density at radius 1 is 0.923 bits per heavy atom. The molecular formula is C38H54O14. The van der Waals surface area contributed by atoms with Gasteiger partial charge in [-0.1, -0.05) is 82.0 Å². The standard InChI is InChI=1S/C38H54O14/c1-4-5-6-7-11-21-28(49-26(3)39)22-15-24-36-30(41)31(38(52-36,35(46)47)37(48,34(44)45)32(51-36)33(42)43)50-29(40)23-13-12-16-25(2)17-14-20-27-18-9-8-10-19-27/h8-10,12,16,18-19,25,28,30-32,41,48H,4-7,11,13-15,17,20-24H2,1-3H3,(H,42,43)(H,44,45)(H,46,47)/b16-12+/t25-,28-,30+,31+,32+,36-,37+,38-/m0/s1. The van der Waals surface area contributed by atoms with Gasteiger partial charge in [0.15, 0.2) is 6.10 Å². The zero-order chi connectivity index (χ0) is 38.5. The zero-order valence-corrected chi connectivity index (χ0v) is 30.2. The third-order valence-electron chi connectivity index (χ3n) is 9.82. The summed E-state index contributed by atoms with van der Waals surface area (Å²) in [5.41, 5.74) is -6.09. The molecule has 0 unspecified atom stereocenters. The third-order valence-corrected chi connectivity index (χ3v) is 9.82. The van der Waals surface area contributed by atoms with Crippen molar-refractivity contribution in [2.24, 2.45) is 5.92 Å². The molecule has 2 heterocycles. The van der Waals surface area contributed by atoms with Crippen molar-refractivity contribution in [3.05, 3.63) is 48.0 Å². The number of carbonyl (C=O) groups excluding carboxylic acids is 2. The second kappa shape index (κ2) is 19.3. The fraction of sp³-hybridized carbons (Fsp3) is 0.658. The van der Waals surface area contributed by atoms with E-state index in [0.29, 0.717) is 6.42 Å². The number of allylic oxidation sites excluding steroid dienone is 2. The number of aliphatic carboxylic acids is 3. The van der Waals surface area contributed by atoms with Crippen molar-refractivity contribution in [2.45, 2.75) is 152 Å². The van der Waals surface area contributed by atoms with E-state index >= 15 is 0 Å². The average molecular weight is 735 g/mol. The molecule has 2 aliphatic rings. The molecule has 0 saturated carbocycles. The Bertz CT molecular complexity index is 1400. The number of ether oxygens (including phenoxy) is 4. The van der Waals surface area contributed by atoms with Crippen molar-refractivity contribution in [2.75, 3.05) is 0 Å². The minimum absolute atomic E-state index is 0.0203. The van der Waals surface area contributed by atoms with Gasteiger partial charge in [0.1, 0.15) is 12.2 Å². The van der Waals surface area contributed by atoms with Crippen LogP contribution in [0.5, 0.6) is 0 Å². The molecular weight excluding hydrogens is 680 g/mol. The van der Waals surface area contributed by atoms with Gasteiger partial charge in [-0.15, -0.1) is 0 Å². The van der Waals surface area contributed by atoms with Crippen LogP contribution in [0.4, 0.5) is 0 Å². The second-order valence-corrected chi connectivity index (χ2v) is 13.9. The van der Waals surface area contributed by atoms with E-state index < -0.39 is 77.7 Å². The molecule has 2 bridgehead atoms. The summed E-state index contributed by atoms with van der Waals surface area (Å²) < 4.78 is 22.0. The van der Waals surface area contributed by atoms with E-state index in [-0.39, 0.29) is 31.6 Å². The highest BCUT2D eigenvalue weighted by Gasteiger charge is 2.85. The average Bonchev–Trinajstić information content (AvgIpc) is 3.30. The summed E-state index contributed by atoms with van der Waals surface area (Å²) >= 11 is 0. The lowest BCUT2D eigenvalue weighted by atomic mass is 9.74. The number of aliphatic hydroxyl groups is 2. The number of unbranched alkanes of at least 4 members (excludes halogenated alkanes) is 4. The van der Waals surface area contributed by atoms with Gasteiger partial charge in [0.2, 0.25) is 23.1 Å². The van der Waals surface area contributed by atoms with Gasteiger partial charge in [-0.05, 0) is 62.8 Å². The molecule has 1 aromatic carbocycles. The minimum atomic E-state index is -3.84. The number of aliphatic hydroxyl groups excluding tert-OH is 1. The molecule has 0 aromatic heterocycles. The van der Waals surface area contributed by atoms with Gasteiger partial charge in [0, 0.05) is 19.8 Å². The van der Waals surface area contributed by atoms with Gasteiger partial charge in [-0.3, -0.25) is 9.59 Å². The number of hydrogen-bond acceptors (Lipinski definition) is 11. The first kappa shape index (κ1) is 42.6. The number of benzene rings is 1. The quantitative estimate of drug-likeness (QED) is 0.0591. The van der Waals surface area contributed by atoms with Gasteiger partial charge in [-0.25, -0.2) is 14.4 Å². The number of esters is 2. The topological polar surface area (TPSA) is 223 Å². The van der Waals surface area contributed by atoms with E-state index in [1.807, 2.05) is 31.2 Å². The van der Waals surface area contributed by atoms with Crippen LogP contribution in [0.2, 0.25) is 0 Å². The number of rotatable bonds is 23. The molecule has 0 aliphatic carbocycles. The fourth-order valence-corrected chi connectivity index (χ4v) is 7.09. The highest BCUT2D eigenvalue weighted by molar-refractivity contribution is 5.98. The summed E-state index contributed by atoms with van der Waals surface area (Å²) in [5, 5.41) is 53.4. The Hall–Kier alpha value is -3.85. The van der Waals surface area contributed by atoms with Crippen LogP contribution in [0, 0.1) is 5.92 Å². The van der Waals surface area contributed by atoms with E-state index in [1.54, 1.807) is 6.08 Å².